The standard InChI is InChI=1S/C22H29N3O4S/c1-3-18-7-5-9-20(15-18)29-17-22(26)23-19-8-6-10-21(16-19)30(27,28)25-13-11-24(4-2)12-14-25/h5-10,15-16H,3-4,11-14,17H2,1-2H3,(H,23,26). The van der Waals surface area contributed by atoms with Gasteiger partial charge in [0.2, 0.25) is 10.0 Å². The van der Waals surface area contributed by atoms with Crippen LogP contribution in [0, 0.1) is 0 Å². The molecule has 2 aromatic rings. The number of anilines is 1. The summed E-state index contributed by atoms with van der Waals surface area (Å²) < 4.78 is 33.0. The first-order valence-electron chi connectivity index (χ1n) is 10.3. The molecule has 0 saturated carbocycles. The first-order valence-corrected chi connectivity index (χ1v) is 11.7. The summed E-state index contributed by atoms with van der Waals surface area (Å²) in [6.07, 6.45) is 0.887. The summed E-state index contributed by atoms with van der Waals surface area (Å²) in [7, 11) is -3.59. The first-order chi connectivity index (χ1) is 14.4. The van der Waals surface area contributed by atoms with Gasteiger partial charge in [0, 0.05) is 31.9 Å². The Morgan fingerprint density at radius 2 is 1.77 bits per heavy atom. The zero-order valence-corrected chi connectivity index (χ0v) is 18.3. The number of carbonyl (C=O) groups is 1. The lowest BCUT2D eigenvalue weighted by atomic mass is 10.2. The van der Waals surface area contributed by atoms with Crippen molar-refractivity contribution in [3.63, 3.8) is 0 Å². The zero-order valence-electron chi connectivity index (χ0n) is 17.5. The molecule has 1 aliphatic heterocycles. The normalized spacial score (nSPS) is 15.7. The van der Waals surface area contributed by atoms with Gasteiger partial charge in [0.05, 0.1) is 4.90 Å². The van der Waals surface area contributed by atoms with E-state index in [4.69, 9.17) is 4.74 Å². The summed E-state index contributed by atoms with van der Waals surface area (Å²) in [5.41, 5.74) is 1.56. The van der Waals surface area contributed by atoms with Gasteiger partial charge in [-0.2, -0.15) is 4.31 Å². The van der Waals surface area contributed by atoms with Gasteiger partial charge in [-0.1, -0.05) is 32.0 Å². The Hall–Kier alpha value is -2.42. The topological polar surface area (TPSA) is 78.9 Å². The van der Waals surface area contributed by atoms with Gasteiger partial charge in [-0.15, -0.1) is 0 Å². The molecule has 1 saturated heterocycles. The highest BCUT2D eigenvalue weighted by Crippen LogP contribution is 2.21. The van der Waals surface area contributed by atoms with Gasteiger partial charge in [0.15, 0.2) is 6.61 Å². The monoisotopic (exact) mass is 431 g/mol. The van der Waals surface area contributed by atoms with Crippen molar-refractivity contribution in [3.05, 3.63) is 54.1 Å². The van der Waals surface area contributed by atoms with Gasteiger partial charge >= 0.3 is 0 Å². The summed E-state index contributed by atoms with van der Waals surface area (Å²) >= 11 is 0. The van der Waals surface area contributed by atoms with Gasteiger partial charge < -0.3 is 15.0 Å². The summed E-state index contributed by atoms with van der Waals surface area (Å²) in [5.74, 6) is 0.287. The van der Waals surface area contributed by atoms with Crippen molar-refractivity contribution in [1.29, 1.82) is 0 Å². The number of hydrogen-bond donors (Lipinski definition) is 1. The predicted molar refractivity (Wildman–Crippen MR) is 117 cm³/mol. The molecule has 0 radical (unpaired) electrons. The van der Waals surface area contributed by atoms with Crippen LogP contribution in [-0.2, 0) is 21.2 Å². The fraction of sp³-hybridized carbons (Fsp3) is 0.409. The summed E-state index contributed by atoms with van der Waals surface area (Å²) in [4.78, 5) is 14.7. The Morgan fingerprint density at radius 3 is 2.47 bits per heavy atom. The number of amides is 1. The molecule has 0 aromatic heterocycles. The molecule has 30 heavy (non-hydrogen) atoms. The van der Waals surface area contributed by atoms with Crippen LogP contribution in [0.25, 0.3) is 0 Å². The lowest BCUT2D eigenvalue weighted by Gasteiger charge is -2.33. The quantitative estimate of drug-likeness (QED) is 0.695. The van der Waals surface area contributed by atoms with E-state index in [1.807, 2.05) is 18.2 Å². The van der Waals surface area contributed by atoms with E-state index in [1.54, 1.807) is 24.3 Å². The van der Waals surface area contributed by atoms with Gasteiger partial charge in [-0.05, 0) is 48.9 Å². The van der Waals surface area contributed by atoms with Gasteiger partial charge in [0.1, 0.15) is 5.75 Å². The van der Waals surface area contributed by atoms with E-state index in [0.717, 1.165) is 31.6 Å². The van der Waals surface area contributed by atoms with Crippen LogP contribution in [0.4, 0.5) is 5.69 Å². The highest BCUT2D eigenvalue weighted by atomic mass is 32.2. The van der Waals surface area contributed by atoms with Crippen LogP contribution in [0.3, 0.4) is 0 Å². The molecule has 1 amide bonds. The Morgan fingerprint density at radius 1 is 1.03 bits per heavy atom. The Kier molecular flexibility index (Phi) is 7.47. The van der Waals surface area contributed by atoms with E-state index in [2.05, 4.69) is 24.1 Å². The van der Waals surface area contributed by atoms with Crippen molar-refractivity contribution in [1.82, 2.24) is 9.21 Å². The van der Waals surface area contributed by atoms with E-state index < -0.39 is 10.0 Å². The molecule has 2 aromatic carbocycles. The average Bonchev–Trinajstić information content (AvgIpc) is 2.78. The molecule has 0 unspecified atom stereocenters. The molecular weight excluding hydrogens is 402 g/mol. The fourth-order valence-electron chi connectivity index (χ4n) is 3.37. The summed E-state index contributed by atoms with van der Waals surface area (Å²) in [6, 6.07) is 14.0. The molecule has 0 bridgehead atoms. The number of nitrogens with zero attached hydrogens (tertiary/aromatic N) is 2. The van der Waals surface area contributed by atoms with Crippen LogP contribution in [0.5, 0.6) is 5.75 Å². The molecule has 162 valence electrons. The molecule has 0 spiro atoms. The molecule has 1 fully saturated rings. The van der Waals surface area contributed by atoms with Crippen LogP contribution in [-0.4, -0.2) is 62.9 Å². The fourth-order valence-corrected chi connectivity index (χ4v) is 4.84. The van der Waals surface area contributed by atoms with Gasteiger partial charge in [-0.25, -0.2) is 8.42 Å². The highest BCUT2D eigenvalue weighted by molar-refractivity contribution is 7.89. The lowest BCUT2D eigenvalue weighted by Crippen LogP contribution is -2.48. The molecule has 8 heteroatoms. The minimum atomic E-state index is -3.59. The largest absolute Gasteiger partial charge is 0.484 e. The number of aryl methyl sites for hydroxylation is 1. The molecule has 0 aliphatic carbocycles. The number of sulfonamides is 1. The number of likely N-dealkylation sites (N-methyl/N-ethyl adjacent to an activating group) is 1. The zero-order chi connectivity index (χ0) is 21.6. The van der Waals surface area contributed by atoms with Crippen molar-refractivity contribution in [3.8, 4) is 5.75 Å². The van der Waals surface area contributed by atoms with Crippen LogP contribution >= 0.6 is 0 Å². The maximum atomic E-state index is 13.0. The molecule has 1 aliphatic rings. The van der Waals surface area contributed by atoms with E-state index >= 15 is 0 Å². The van der Waals surface area contributed by atoms with Crippen molar-refractivity contribution >= 4 is 21.6 Å². The minimum Gasteiger partial charge on any atom is -0.484 e. The number of benzene rings is 2. The van der Waals surface area contributed by atoms with Crippen LogP contribution < -0.4 is 10.1 Å². The third-order valence-electron chi connectivity index (χ3n) is 5.21. The second-order valence-electron chi connectivity index (χ2n) is 7.20. The summed E-state index contributed by atoms with van der Waals surface area (Å²) in [5, 5.41) is 2.72. The summed E-state index contributed by atoms with van der Waals surface area (Å²) in [6.45, 7) is 7.28. The molecular formula is C22H29N3O4S. The molecule has 0 atom stereocenters. The van der Waals surface area contributed by atoms with Gasteiger partial charge in [0.25, 0.3) is 5.91 Å². The van der Waals surface area contributed by atoms with Crippen LogP contribution in [0.1, 0.15) is 19.4 Å². The highest BCUT2D eigenvalue weighted by Gasteiger charge is 2.28. The molecule has 1 N–H and O–H groups in total. The number of carbonyl (C=O) groups excluding carboxylic acids is 1. The SMILES string of the molecule is CCc1cccc(OCC(=O)Nc2cccc(S(=O)(=O)N3CCN(CC)CC3)c2)c1. The number of nitrogens with one attached hydrogen (secondary N) is 1. The number of hydrogen-bond acceptors (Lipinski definition) is 5. The van der Waals surface area contributed by atoms with Crippen molar-refractivity contribution in [2.45, 2.75) is 25.2 Å². The first kappa shape index (κ1) is 22.3. The second-order valence-corrected chi connectivity index (χ2v) is 9.14. The van der Waals surface area contributed by atoms with E-state index in [9.17, 15) is 13.2 Å². The number of rotatable bonds is 8. The second kappa shape index (κ2) is 10.1. The average molecular weight is 432 g/mol. The van der Waals surface area contributed by atoms with E-state index in [-0.39, 0.29) is 17.4 Å². The third-order valence-corrected chi connectivity index (χ3v) is 7.11. The van der Waals surface area contributed by atoms with Crippen molar-refractivity contribution in [2.24, 2.45) is 0 Å². The Bertz CT molecular complexity index is 970. The molecule has 3 rings (SSSR count). The van der Waals surface area contributed by atoms with E-state index in [1.165, 1.54) is 10.4 Å². The Labute approximate surface area is 178 Å². The maximum Gasteiger partial charge on any atom is 0.262 e. The minimum absolute atomic E-state index is 0.150. The lowest BCUT2D eigenvalue weighted by molar-refractivity contribution is -0.118. The predicted octanol–water partition coefficient (Wildman–Crippen LogP) is 2.59. The third kappa shape index (κ3) is 5.59. The molecule has 1 heterocycles. The smallest absolute Gasteiger partial charge is 0.262 e. The maximum absolute atomic E-state index is 13.0. The van der Waals surface area contributed by atoms with Crippen molar-refractivity contribution in [2.75, 3.05) is 44.6 Å². The van der Waals surface area contributed by atoms with Crippen LogP contribution in [0.15, 0.2) is 53.4 Å². The van der Waals surface area contributed by atoms with Crippen molar-refractivity contribution < 1.29 is 17.9 Å². The van der Waals surface area contributed by atoms with Crippen LogP contribution in [0.2, 0.25) is 0 Å². The number of piperazine rings is 1. The number of ether oxygens (including phenoxy) is 1. The van der Waals surface area contributed by atoms with Gasteiger partial charge in [-0.3, -0.25) is 4.79 Å². The molecule has 7 nitrogen and oxygen atoms in total. The van der Waals surface area contributed by atoms with E-state index in [0.29, 0.717) is 24.5 Å². The Balaban J connectivity index is 1.61.